The fourth-order valence-corrected chi connectivity index (χ4v) is 1.30. The summed E-state index contributed by atoms with van der Waals surface area (Å²) in [6.07, 6.45) is -2.88. The molecule has 2 unspecified atom stereocenters. The predicted octanol–water partition coefficient (Wildman–Crippen LogP) is 0.946. The summed E-state index contributed by atoms with van der Waals surface area (Å²) >= 11 is 0. The topological polar surface area (TPSA) is 81.3 Å². The molecule has 0 radical (unpaired) electrons. The second-order valence-corrected chi connectivity index (χ2v) is 3.24. The predicted molar refractivity (Wildman–Crippen MR) is 53.0 cm³/mol. The number of rotatable bonds is 4. The molecule has 0 saturated carbocycles. The van der Waals surface area contributed by atoms with Crippen LogP contribution in [0.5, 0.6) is 0 Å². The number of aliphatic hydroxyl groups excluding tert-OH is 2. The fourth-order valence-electron chi connectivity index (χ4n) is 1.30. The van der Waals surface area contributed by atoms with E-state index in [2.05, 4.69) is 0 Å². The lowest BCUT2D eigenvalue weighted by Crippen LogP contribution is -2.19. The summed E-state index contributed by atoms with van der Waals surface area (Å²) in [6.45, 7) is 0. The molecule has 84 valence electrons. The van der Waals surface area contributed by atoms with Crippen molar-refractivity contribution in [3.05, 3.63) is 35.1 Å². The van der Waals surface area contributed by atoms with E-state index < -0.39 is 18.0 Å². The van der Waals surface area contributed by atoms with Crippen LogP contribution in [0.2, 0.25) is 0 Å². The van der Waals surface area contributed by atoms with Crippen LogP contribution in [0.25, 0.3) is 0 Å². The monoisotopic (exact) mass is 223 g/mol. The van der Waals surface area contributed by atoms with Crippen molar-refractivity contribution in [2.45, 2.75) is 18.6 Å². The molecule has 0 aliphatic heterocycles. The highest BCUT2D eigenvalue weighted by Crippen LogP contribution is 2.23. The van der Waals surface area contributed by atoms with Crippen molar-refractivity contribution >= 4 is 6.29 Å². The number of nitrogens with zero attached hydrogens (tertiary/aromatic N) is 1. The molecule has 0 bridgehead atoms. The lowest BCUT2D eigenvalue weighted by molar-refractivity contribution is 0.0194. The maximum absolute atomic E-state index is 13.5. The first kappa shape index (κ1) is 12.3. The van der Waals surface area contributed by atoms with Gasteiger partial charge >= 0.3 is 0 Å². The number of carbonyl (C=O) groups is 1. The number of benzene rings is 1. The molecular formula is C11H10FNO3. The minimum absolute atomic E-state index is 0.188. The van der Waals surface area contributed by atoms with Crippen LogP contribution in [0, 0.1) is 17.1 Å². The average molecular weight is 223 g/mol. The van der Waals surface area contributed by atoms with Gasteiger partial charge in [-0.25, -0.2) is 4.39 Å². The van der Waals surface area contributed by atoms with Crippen molar-refractivity contribution in [1.29, 1.82) is 5.26 Å². The number of hydrogen-bond acceptors (Lipinski definition) is 4. The summed E-state index contributed by atoms with van der Waals surface area (Å²) in [5.41, 5.74) is -0.381. The van der Waals surface area contributed by atoms with Crippen molar-refractivity contribution in [1.82, 2.24) is 0 Å². The zero-order valence-electron chi connectivity index (χ0n) is 8.30. The van der Waals surface area contributed by atoms with Gasteiger partial charge in [-0.05, 0) is 6.07 Å². The minimum atomic E-state index is -1.51. The van der Waals surface area contributed by atoms with Crippen LogP contribution < -0.4 is 0 Å². The third-order valence-corrected chi connectivity index (χ3v) is 2.17. The van der Waals surface area contributed by atoms with E-state index in [1.165, 1.54) is 18.2 Å². The highest BCUT2D eigenvalue weighted by atomic mass is 19.1. The maximum atomic E-state index is 13.5. The molecular weight excluding hydrogens is 213 g/mol. The summed E-state index contributed by atoms with van der Waals surface area (Å²) in [7, 11) is 0. The van der Waals surface area contributed by atoms with Crippen LogP contribution in [-0.4, -0.2) is 22.6 Å². The largest absolute Gasteiger partial charge is 0.389 e. The van der Waals surface area contributed by atoms with Gasteiger partial charge in [0, 0.05) is 5.56 Å². The second-order valence-electron chi connectivity index (χ2n) is 3.24. The van der Waals surface area contributed by atoms with Gasteiger partial charge in [-0.15, -0.1) is 0 Å². The Kier molecular flexibility index (Phi) is 4.11. The quantitative estimate of drug-likeness (QED) is 0.744. The Bertz CT molecular complexity index is 428. The van der Waals surface area contributed by atoms with E-state index in [0.29, 0.717) is 6.29 Å². The average Bonchev–Trinajstić information content (AvgIpc) is 2.29. The number of aldehydes is 1. The lowest BCUT2D eigenvalue weighted by atomic mass is 10.00. The highest BCUT2D eigenvalue weighted by molar-refractivity contribution is 5.75. The van der Waals surface area contributed by atoms with Crippen LogP contribution in [0.3, 0.4) is 0 Å². The first-order valence-corrected chi connectivity index (χ1v) is 4.58. The van der Waals surface area contributed by atoms with E-state index in [1.54, 1.807) is 6.07 Å². The third-order valence-electron chi connectivity index (χ3n) is 2.17. The van der Waals surface area contributed by atoms with Gasteiger partial charge in [-0.2, -0.15) is 5.26 Å². The van der Waals surface area contributed by atoms with Crippen LogP contribution in [0.4, 0.5) is 4.39 Å². The fraction of sp³-hybridized carbons (Fsp3) is 0.273. The second kappa shape index (κ2) is 5.35. The Morgan fingerprint density at radius 3 is 2.75 bits per heavy atom. The van der Waals surface area contributed by atoms with Gasteiger partial charge in [0.1, 0.15) is 11.9 Å². The molecule has 5 heteroatoms. The maximum Gasteiger partial charge on any atom is 0.153 e. The van der Waals surface area contributed by atoms with Crippen molar-refractivity contribution in [3.63, 3.8) is 0 Å². The molecule has 0 heterocycles. The molecule has 0 fully saturated rings. The van der Waals surface area contributed by atoms with Gasteiger partial charge in [-0.1, -0.05) is 12.1 Å². The van der Waals surface area contributed by atoms with Gasteiger partial charge in [0.25, 0.3) is 0 Å². The van der Waals surface area contributed by atoms with Gasteiger partial charge in [0.2, 0.25) is 0 Å². The van der Waals surface area contributed by atoms with E-state index in [-0.39, 0.29) is 17.5 Å². The van der Waals surface area contributed by atoms with Gasteiger partial charge < -0.3 is 10.2 Å². The van der Waals surface area contributed by atoms with Crippen LogP contribution >= 0.6 is 0 Å². The van der Waals surface area contributed by atoms with Gasteiger partial charge in [-0.3, -0.25) is 4.79 Å². The van der Waals surface area contributed by atoms with Crippen LogP contribution in [0.15, 0.2) is 18.2 Å². The normalized spacial score (nSPS) is 13.9. The van der Waals surface area contributed by atoms with E-state index in [4.69, 9.17) is 5.26 Å². The summed E-state index contributed by atoms with van der Waals surface area (Å²) in [5, 5.41) is 27.2. The standard InChI is InChI=1S/C11H10FNO3/c12-10-7(6-14)2-1-3-8(10)11(16)9(15)4-5-13/h1-3,6,9,11,15-16H,4H2. The first-order chi connectivity index (χ1) is 7.61. The smallest absolute Gasteiger partial charge is 0.153 e. The van der Waals surface area contributed by atoms with Crippen molar-refractivity contribution in [2.24, 2.45) is 0 Å². The Morgan fingerprint density at radius 1 is 1.50 bits per heavy atom. The molecule has 0 aliphatic carbocycles. The molecule has 0 saturated heterocycles. The molecule has 1 aromatic rings. The molecule has 2 atom stereocenters. The molecule has 4 nitrogen and oxygen atoms in total. The molecule has 0 amide bonds. The van der Waals surface area contributed by atoms with Crippen LogP contribution in [0.1, 0.15) is 28.4 Å². The first-order valence-electron chi connectivity index (χ1n) is 4.58. The molecule has 1 rings (SSSR count). The van der Waals surface area contributed by atoms with Crippen molar-refractivity contribution in [2.75, 3.05) is 0 Å². The lowest BCUT2D eigenvalue weighted by Gasteiger charge is -2.16. The molecule has 16 heavy (non-hydrogen) atoms. The number of hydrogen-bond donors (Lipinski definition) is 2. The Balaban J connectivity index is 3.04. The summed E-state index contributed by atoms with van der Waals surface area (Å²) in [4.78, 5) is 10.5. The van der Waals surface area contributed by atoms with Gasteiger partial charge in [0.15, 0.2) is 6.29 Å². The minimum Gasteiger partial charge on any atom is -0.389 e. The van der Waals surface area contributed by atoms with Gasteiger partial charge in [0.05, 0.1) is 24.2 Å². The molecule has 1 aromatic carbocycles. The highest BCUT2D eigenvalue weighted by Gasteiger charge is 2.22. The summed E-state index contributed by atoms with van der Waals surface area (Å²) < 4.78 is 13.5. The number of carbonyl (C=O) groups excluding carboxylic acids is 1. The van der Waals surface area contributed by atoms with E-state index in [9.17, 15) is 19.4 Å². The number of nitriles is 1. The zero-order chi connectivity index (χ0) is 12.1. The Hall–Kier alpha value is -1.77. The molecule has 0 aliphatic rings. The van der Waals surface area contributed by atoms with Crippen molar-refractivity contribution < 1.29 is 19.4 Å². The Morgan fingerprint density at radius 2 is 2.19 bits per heavy atom. The van der Waals surface area contributed by atoms with Crippen LogP contribution in [-0.2, 0) is 0 Å². The summed E-state index contributed by atoms with van der Waals surface area (Å²) in [6, 6.07) is 5.57. The van der Waals surface area contributed by atoms with E-state index >= 15 is 0 Å². The molecule has 2 N–H and O–H groups in total. The molecule has 0 spiro atoms. The molecule has 0 aromatic heterocycles. The third kappa shape index (κ3) is 2.42. The van der Waals surface area contributed by atoms with Crippen molar-refractivity contribution in [3.8, 4) is 6.07 Å². The van der Waals surface area contributed by atoms with E-state index in [0.717, 1.165) is 0 Å². The van der Waals surface area contributed by atoms with E-state index in [1.807, 2.05) is 0 Å². The summed E-state index contributed by atoms with van der Waals surface area (Å²) in [5.74, 6) is -0.873. The Labute approximate surface area is 91.6 Å². The number of aliphatic hydroxyl groups is 2. The number of halogens is 1. The zero-order valence-corrected chi connectivity index (χ0v) is 8.30. The SMILES string of the molecule is N#CCC(O)C(O)c1cccc(C=O)c1F.